The quantitative estimate of drug-likeness (QED) is 0.165. The Morgan fingerprint density at radius 3 is 1.02 bits per heavy atom. The van der Waals surface area contributed by atoms with Gasteiger partial charge in [0.05, 0.1) is 0 Å². The van der Waals surface area contributed by atoms with Crippen LogP contribution in [0.15, 0.2) is 108 Å². The predicted octanol–water partition coefficient (Wildman–Crippen LogP) is 7.16. The van der Waals surface area contributed by atoms with Crippen molar-refractivity contribution in [2.45, 2.75) is 107 Å². The zero-order valence-electron chi connectivity index (χ0n) is 31.4. The first kappa shape index (κ1) is 49.1. The standard InChI is InChI=1S/2C13H15.2C9H13.2ClH.2Zr/c2*1-13(2,3)12-9-8-10-6-4-5-7-11(10)12;2*1-9(2,3)8-6-4-5-7-8;;;;/h2*4-9H,1-3H3;2*4,6H,5H2,1-3H3;2*1H;;/q4*-1;;;2*+2/p-2. The van der Waals surface area contributed by atoms with Gasteiger partial charge in [-0.3, -0.25) is 12.2 Å². The minimum absolute atomic E-state index is 0. The summed E-state index contributed by atoms with van der Waals surface area (Å²) in [6.45, 7) is 26.8. The van der Waals surface area contributed by atoms with E-state index in [1.54, 1.807) is 0 Å². The third kappa shape index (κ3) is 14.7. The van der Waals surface area contributed by atoms with Crippen LogP contribution in [-0.2, 0) is 63.2 Å². The molecule has 0 saturated heterocycles. The summed E-state index contributed by atoms with van der Waals surface area (Å²) in [5.74, 6) is 0. The van der Waals surface area contributed by atoms with E-state index in [-0.39, 0.29) is 88.1 Å². The van der Waals surface area contributed by atoms with Gasteiger partial charge in [0.25, 0.3) is 0 Å². The Balaban J connectivity index is 0. The zero-order valence-corrected chi connectivity index (χ0v) is 37.8. The van der Waals surface area contributed by atoms with E-state index in [1.807, 2.05) is 0 Å². The second kappa shape index (κ2) is 20.7. The summed E-state index contributed by atoms with van der Waals surface area (Å²) in [5, 5.41) is 5.50. The topological polar surface area (TPSA) is 0 Å². The van der Waals surface area contributed by atoms with Gasteiger partial charge in [-0.2, -0.15) is 24.3 Å². The predicted molar refractivity (Wildman–Crippen MR) is 196 cm³/mol. The Bertz CT molecular complexity index is 1510. The second-order valence-corrected chi connectivity index (χ2v) is 16.1. The monoisotopic (exact) mass is 834 g/mol. The van der Waals surface area contributed by atoms with E-state index in [9.17, 15) is 0 Å². The minimum atomic E-state index is 0. The van der Waals surface area contributed by atoms with Gasteiger partial charge in [0.2, 0.25) is 0 Å². The van der Waals surface area contributed by atoms with Gasteiger partial charge in [-0.25, -0.2) is 23.3 Å². The molecule has 48 heavy (non-hydrogen) atoms. The van der Waals surface area contributed by atoms with Crippen molar-refractivity contribution in [3.63, 3.8) is 0 Å². The van der Waals surface area contributed by atoms with Gasteiger partial charge in [-0.1, -0.05) is 95.2 Å². The van der Waals surface area contributed by atoms with Crippen LogP contribution in [0.4, 0.5) is 0 Å². The molecule has 0 atom stereocenters. The number of allylic oxidation sites excluding steroid dienone is 8. The van der Waals surface area contributed by atoms with Gasteiger partial charge in [0, 0.05) is 0 Å². The summed E-state index contributed by atoms with van der Waals surface area (Å²) in [7, 11) is 0. The number of halogens is 2. The molecule has 0 N–H and O–H groups in total. The molecule has 0 fully saturated rings. The first-order valence-electron chi connectivity index (χ1n) is 16.2. The largest absolute Gasteiger partial charge is 2.00 e. The second-order valence-electron chi connectivity index (χ2n) is 16.1. The van der Waals surface area contributed by atoms with Gasteiger partial charge in [-0.15, -0.1) is 94.0 Å². The molecule has 4 aromatic carbocycles. The average molecular weight is 838 g/mol. The molecule has 0 spiro atoms. The molecular formula is C44H56Cl2Zr2-2. The summed E-state index contributed by atoms with van der Waals surface area (Å²) >= 11 is 0. The van der Waals surface area contributed by atoms with Gasteiger partial charge >= 0.3 is 52.4 Å². The Hall–Kier alpha value is -1.03. The number of hydrogen-bond donors (Lipinski definition) is 0. The van der Waals surface area contributed by atoms with Crippen LogP contribution >= 0.6 is 0 Å². The van der Waals surface area contributed by atoms with Crippen molar-refractivity contribution in [3.8, 4) is 0 Å². The Labute approximate surface area is 344 Å². The molecule has 0 saturated carbocycles. The first-order chi connectivity index (χ1) is 20.4. The third-order valence-corrected chi connectivity index (χ3v) is 7.98. The average Bonchev–Trinajstić information content (AvgIpc) is 3.74. The molecule has 0 amide bonds. The molecule has 2 aliphatic rings. The summed E-state index contributed by atoms with van der Waals surface area (Å²) in [5.41, 5.74) is 6.70. The van der Waals surface area contributed by atoms with E-state index in [4.69, 9.17) is 0 Å². The van der Waals surface area contributed by atoms with Crippen LogP contribution in [0.1, 0.15) is 107 Å². The molecule has 4 aromatic rings. The number of fused-ring (bicyclic) bond motifs is 2. The fourth-order valence-electron chi connectivity index (χ4n) is 5.45. The molecule has 0 aromatic heterocycles. The van der Waals surface area contributed by atoms with Crippen LogP contribution in [0.3, 0.4) is 0 Å². The normalized spacial score (nSPS) is 13.5. The molecule has 0 bridgehead atoms. The van der Waals surface area contributed by atoms with Gasteiger partial charge in [0.1, 0.15) is 0 Å². The van der Waals surface area contributed by atoms with Gasteiger partial charge < -0.3 is 24.8 Å². The van der Waals surface area contributed by atoms with Crippen molar-refractivity contribution >= 4 is 21.5 Å². The SMILES string of the molecule is CC(C)(C)C1=[C-]CC=C1.CC(C)(C)C1=[C-]CC=C1.CC(C)(C)[c-]1ccc2ccccc21.CC(C)(C)[c-]1ccc2ccccc21.[Cl-].[Cl-].[Zr+2].[Zr+2]. The van der Waals surface area contributed by atoms with Gasteiger partial charge in [-0.05, 0) is 21.7 Å². The van der Waals surface area contributed by atoms with Crippen LogP contribution in [0.25, 0.3) is 21.5 Å². The van der Waals surface area contributed by atoms with Crippen LogP contribution in [0.5, 0.6) is 0 Å². The van der Waals surface area contributed by atoms with Crippen LogP contribution < -0.4 is 24.8 Å². The molecule has 2 aliphatic carbocycles. The third-order valence-electron chi connectivity index (χ3n) is 7.98. The van der Waals surface area contributed by atoms with Crippen LogP contribution in [0, 0.1) is 23.0 Å². The molecule has 0 radical (unpaired) electrons. The van der Waals surface area contributed by atoms with Crippen LogP contribution in [-0.4, -0.2) is 0 Å². The molecule has 6 rings (SSSR count). The van der Waals surface area contributed by atoms with Gasteiger partial charge in [0.15, 0.2) is 0 Å². The maximum Gasteiger partial charge on any atom is 2.00 e. The van der Waals surface area contributed by atoms with E-state index < -0.39 is 0 Å². The number of hydrogen-bond acceptors (Lipinski definition) is 0. The molecule has 0 heterocycles. The van der Waals surface area contributed by atoms with E-state index >= 15 is 0 Å². The molecule has 0 nitrogen and oxygen atoms in total. The summed E-state index contributed by atoms with van der Waals surface area (Å²) < 4.78 is 0. The Morgan fingerprint density at radius 1 is 0.479 bits per heavy atom. The molecule has 4 heteroatoms. The number of benzene rings is 2. The van der Waals surface area contributed by atoms with Crippen molar-refractivity contribution in [1.29, 1.82) is 0 Å². The maximum atomic E-state index is 3.30. The molecular weight excluding hydrogens is 782 g/mol. The van der Waals surface area contributed by atoms with Crippen molar-refractivity contribution in [2.24, 2.45) is 10.8 Å². The Kier molecular flexibility index (Phi) is 21.2. The Morgan fingerprint density at radius 2 is 0.792 bits per heavy atom. The molecule has 256 valence electrons. The first-order valence-corrected chi connectivity index (χ1v) is 16.2. The fraction of sp³-hybridized carbons (Fsp3) is 0.409. The fourth-order valence-corrected chi connectivity index (χ4v) is 5.45. The van der Waals surface area contributed by atoms with E-state index in [0.29, 0.717) is 10.8 Å². The van der Waals surface area contributed by atoms with E-state index in [0.717, 1.165) is 12.8 Å². The summed E-state index contributed by atoms with van der Waals surface area (Å²) in [4.78, 5) is 0. The van der Waals surface area contributed by atoms with Crippen LogP contribution in [0.2, 0.25) is 0 Å². The van der Waals surface area contributed by atoms with Crippen molar-refractivity contribution in [1.82, 2.24) is 0 Å². The molecule has 0 unspecified atom stereocenters. The summed E-state index contributed by atoms with van der Waals surface area (Å²) in [6.07, 6.45) is 17.3. The van der Waals surface area contributed by atoms with Crippen molar-refractivity contribution < 1.29 is 77.2 Å². The zero-order chi connectivity index (χ0) is 32.8. The van der Waals surface area contributed by atoms with Crippen molar-refractivity contribution in [3.05, 3.63) is 132 Å². The number of rotatable bonds is 0. The van der Waals surface area contributed by atoms with E-state index in [2.05, 4.69) is 192 Å². The van der Waals surface area contributed by atoms with E-state index in [1.165, 1.54) is 43.8 Å². The minimum Gasteiger partial charge on any atom is -1.00 e. The van der Waals surface area contributed by atoms with Crippen molar-refractivity contribution in [2.75, 3.05) is 0 Å². The summed E-state index contributed by atoms with van der Waals surface area (Å²) in [6, 6.07) is 26.0. The smallest absolute Gasteiger partial charge is 1.00 e. The molecule has 0 aliphatic heterocycles. The maximum absolute atomic E-state index is 3.30.